The van der Waals surface area contributed by atoms with Gasteiger partial charge in [0, 0.05) is 29.2 Å². The molecule has 0 aliphatic carbocycles. The third-order valence-electron chi connectivity index (χ3n) is 3.54. The lowest BCUT2D eigenvalue weighted by atomic mass is 10.1. The Kier molecular flexibility index (Phi) is 3.36. The molecule has 0 aliphatic heterocycles. The van der Waals surface area contributed by atoms with Gasteiger partial charge < -0.3 is 15.0 Å². The monoisotopic (exact) mass is 280 g/mol. The van der Waals surface area contributed by atoms with Crippen LogP contribution in [-0.4, -0.2) is 17.6 Å². The van der Waals surface area contributed by atoms with Gasteiger partial charge in [0.15, 0.2) is 0 Å². The molecule has 21 heavy (non-hydrogen) atoms. The molecular formula is C17H16N2O2. The van der Waals surface area contributed by atoms with Gasteiger partial charge in [-0.15, -0.1) is 0 Å². The summed E-state index contributed by atoms with van der Waals surface area (Å²) in [4.78, 5) is 11.2. The van der Waals surface area contributed by atoms with E-state index in [4.69, 9.17) is 10.5 Å². The summed E-state index contributed by atoms with van der Waals surface area (Å²) in [6.07, 6.45) is 2.03. The van der Waals surface area contributed by atoms with Crippen molar-refractivity contribution < 1.29 is 9.53 Å². The number of carbonyl (C=O) groups is 1. The highest BCUT2D eigenvalue weighted by atomic mass is 16.5. The van der Waals surface area contributed by atoms with Crippen molar-refractivity contribution in [1.82, 2.24) is 4.57 Å². The maximum absolute atomic E-state index is 11.2. The molecule has 2 N–H and O–H groups in total. The molecule has 4 heteroatoms. The van der Waals surface area contributed by atoms with Crippen LogP contribution >= 0.6 is 0 Å². The number of nitrogens with zero attached hydrogens (tertiary/aromatic N) is 1. The molecular weight excluding hydrogens is 264 g/mol. The zero-order valence-corrected chi connectivity index (χ0v) is 11.7. The van der Waals surface area contributed by atoms with Crippen LogP contribution in [0.25, 0.3) is 10.9 Å². The first kappa shape index (κ1) is 13.2. The van der Waals surface area contributed by atoms with E-state index in [1.54, 1.807) is 13.2 Å². The minimum Gasteiger partial charge on any atom is -0.497 e. The molecule has 0 radical (unpaired) electrons. The van der Waals surface area contributed by atoms with Gasteiger partial charge in [-0.1, -0.05) is 12.1 Å². The summed E-state index contributed by atoms with van der Waals surface area (Å²) in [7, 11) is 1.66. The average molecular weight is 280 g/mol. The lowest BCUT2D eigenvalue weighted by Gasteiger charge is -2.07. The zero-order chi connectivity index (χ0) is 14.8. The Morgan fingerprint density at radius 3 is 2.81 bits per heavy atom. The van der Waals surface area contributed by atoms with Crippen LogP contribution in [0.4, 0.5) is 0 Å². The molecule has 0 bridgehead atoms. The number of primary amides is 1. The van der Waals surface area contributed by atoms with Crippen molar-refractivity contribution in [3.8, 4) is 5.75 Å². The van der Waals surface area contributed by atoms with E-state index in [1.807, 2.05) is 42.6 Å². The number of ether oxygens (including phenoxy) is 1. The Hall–Kier alpha value is -2.75. The van der Waals surface area contributed by atoms with Crippen LogP contribution in [0.2, 0.25) is 0 Å². The van der Waals surface area contributed by atoms with E-state index in [0.717, 1.165) is 22.2 Å². The predicted molar refractivity (Wildman–Crippen MR) is 82.6 cm³/mol. The number of fused-ring (bicyclic) bond motifs is 1. The molecule has 0 fully saturated rings. The van der Waals surface area contributed by atoms with Crippen LogP contribution in [0.1, 0.15) is 15.9 Å². The van der Waals surface area contributed by atoms with Gasteiger partial charge in [-0.05, 0) is 42.0 Å². The van der Waals surface area contributed by atoms with Crippen LogP contribution in [0.15, 0.2) is 54.7 Å². The fourth-order valence-electron chi connectivity index (χ4n) is 2.46. The highest BCUT2D eigenvalue weighted by Crippen LogP contribution is 2.22. The lowest BCUT2D eigenvalue weighted by Crippen LogP contribution is -2.11. The summed E-state index contributed by atoms with van der Waals surface area (Å²) < 4.78 is 7.37. The summed E-state index contributed by atoms with van der Waals surface area (Å²) in [6.45, 7) is 0.691. The minimum atomic E-state index is -0.404. The van der Waals surface area contributed by atoms with Crippen LogP contribution in [-0.2, 0) is 6.54 Å². The van der Waals surface area contributed by atoms with Crippen molar-refractivity contribution in [2.75, 3.05) is 7.11 Å². The second-order valence-electron chi connectivity index (χ2n) is 4.93. The largest absolute Gasteiger partial charge is 0.497 e. The summed E-state index contributed by atoms with van der Waals surface area (Å²) in [5.74, 6) is 0.440. The van der Waals surface area contributed by atoms with Crippen LogP contribution in [0, 0.1) is 0 Å². The normalized spacial score (nSPS) is 10.7. The second-order valence-corrected chi connectivity index (χ2v) is 4.93. The van der Waals surface area contributed by atoms with Crippen molar-refractivity contribution in [2.45, 2.75) is 6.54 Å². The number of hydrogen-bond donors (Lipinski definition) is 1. The summed E-state index contributed by atoms with van der Waals surface area (Å²) in [5.41, 5.74) is 8.02. The molecule has 1 heterocycles. The van der Waals surface area contributed by atoms with Gasteiger partial charge in [-0.3, -0.25) is 4.79 Å². The number of aromatic nitrogens is 1. The topological polar surface area (TPSA) is 57.2 Å². The Balaban J connectivity index is 1.95. The first-order valence-electron chi connectivity index (χ1n) is 6.69. The van der Waals surface area contributed by atoms with E-state index in [0.29, 0.717) is 12.1 Å². The molecule has 0 atom stereocenters. The Labute approximate surface area is 122 Å². The zero-order valence-electron chi connectivity index (χ0n) is 11.7. The van der Waals surface area contributed by atoms with Crippen molar-refractivity contribution in [1.29, 1.82) is 0 Å². The van der Waals surface area contributed by atoms with Crippen molar-refractivity contribution >= 4 is 16.8 Å². The van der Waals surface area contributed by atoms with Gasteiger partial charge in [0.05, 0.1) is 7.11 Å². The van der Waals surface area contributed by atoms with Gasteiger partial charge in [-0.2, -0.15) is 0 Å². The number of amides is 1. The van der Waals surface area contributed by atoms with E-state index in [9.17, 15) is 4.79 Å². The number of benzene rings is 2. The molecule has 1 amide bonds. The van der Waals surface area contributed by atoms with E-state index in [1.165, 1.54) is 0 Å². The number of nitrogens with two attached hydrogens (primary N) is 1. The van der Waals surface area contributed by atoms with Gasteiger partial charge in [0.25, 0.3) is 0 Å². The third kappa shape index (κ3) is 2.60. The number of carbonyl (C=O) groups excluding carboxylic acids is 1. The number of rotatable bonds is 4. The predicted octanol–water partition coefficient (Wildman–Crippen LogP) is 2.80. The SMILES string of the molecule is COc1ccc2c(ccn2Cc2cccc(C(N)=O)c2)c1. The maximum Gasteiger partial charge on any atom is 0.248 e. The molecule has 0 unspecified atom stereocenters. The van der Waals surface area contributed by atoms with Gasteiger partial charge in [-0.25, -0.2) is 0 Å². The van der Waals surface area contributed by atoms with Gasteiger partial charge >= 0.3 is 0 Å². The van der Waals surface area contributed by atoms with E-state index in [2.05, 4.69) is 10.6 Å². The van der Waals surface area contributed by atoms with E-state index >= 15 is 0 Å². The molecule has 106 valence electrons. The molecule has 3 rings (SSSR count). The minimum absolute atomic E-state index is 0.404. The highest BCUT2D eigenvalue weighted by Gasteiger charge is 2.05. The third-order valence-corrected chi connectivity index (χ3v) is 3.54. The smallest absolute Gasteiger partial charge is 0.248 e. The molecule has 2 aromatic carbocycles. The van der Waals surface area contributed by atoms with Crippen LogP contribution in [0.5, 0.6) is 5.75 Å². The van der Waals surface area contributed by atoms with E-state index in [-0.39, 0.29) is 0 Å². The quantitative estimate of drug-likeness (QED) is 0.799. The molecule has 0 saturated carbocycles. The summed E-state index contributed by atoms with van der Waals surface area (Å²) >= 11 is 0. The van der Waals surface area contributed by atoms with Crippen molar-refractivity contribution in [3.05, 3.63) is 65.9 Å². The Morgan fingerprint density at radius 1 is 1.19 bits per heavy atom. The lowest BCUT2D eigenvalue weighted by molar-refractivity contribution is 0.1000. The average Bonchev–Trinajstić information content (AvgIpc) is 2.89. The molecule has 3 aromatic rings. The first-order chi connectivity index (χ1) is 10.2. The fraction of sp³-hybridized carbons (Fsp3) is 0.118. The Bertz CT molecular complexity index is 805. The molecule has 0 aliphatic rings. The molecule has 4 nitrogen and oxygen atoms in total. The van der Waals surface area contributed by atoms with Crippen molar-refractivity contribution in [2.24, 2.45) is 5.73 Å². The molecule has 0 saturated heterocycles. The number of hydrogen-bond acceptors (Lipinski definition) is 2. The van der Waals surface area contributed by atoms with Gasteiger partial charge in [0.1, 0.15) is 5.75 Å². The Morgan fingerprint density at radius 2 is 2.05 bits per heavy atom. The van der Waals surface area contributed by atoms with Crippen molar-refractivity contribution in [3.63, 3.8) is 0 Å². The standard InChI is InChI=1S/C17H16N2O2/c1-21-15-5-6-16-13(10-15)7-8-19(16)11-12-3-2-4-14(9-12)17(18)20/h2-10H,11H2,1H3,(H2,18,20). The van der Waals surface area contributed by atoms with Gasteiger partial charge in [0.2, 0.25) is 5.91 Å². The summed E-state index contributed by atoms with van der Waals surface area (Å²) in [6, 6.07) is 15.4. The highest BCUT2D eigenvalue weighted by molar-refractivity contribution is 5.92. The molecule has 0 spiro atoms. The van der Waals surface area contributed by atoms with Crippen LogP contribution < -0.4 is 10.5 Å². The second kappa shape index (κ2) is 5.32. The fourth-order valence-corrected chi connectivity index (χ4v) is 2.46. The first-order valence-corrected chi connectivity index (χ1v) is 6.69. The van der Waals surface area contributed by atoms with E-state index < -0.39 is 5.91 Å². The maximum atomic E-state index is 11.2. The van der Waals surface area contributed by atoms with Crippen LogP contribution in [0.3, 0.4) is 0 Å². The molecule has 1 aromatic heterocycles. The summed E-state index contributed by atoms with van der Waals surface area (Å²) in [5, 5.41) is 1.13. The number of methoxy groups -OCH3 is 1.